The second-order valence-corrected chi connectivity index (χ2v) is 5.71. The van der Waals surface area contributed by atoms with Crippen molar-refractivity contribution in [3.63, 3.8) is 0 Å². The van der Waals surface area contributed by atoms with Gasteiger partial charge in [0.05, 0.1) is 5.60 Å². The van der Waals surface area contributed by atoms with Gasteiger partial charge in [0, 0.05) is 26.2 Å². The summed E-state index contributed by atoms with van der Waals surface area (Å²) in [7, 11) is 0. The molecule has 0 bridgehead atoms. The molecule has 0 radical (unpaired) electrons. The number of nitrogens with zero attached hydrogens (tertiary/aromatic N) is 5. The number of aryl methyl sites for hydroxylation is 1. The lowest BCUT2D eigenvalue weighted by Gasteiger charge is -2.31. The average molecular weight is 253 g/mol. The van der Waals surface area contributed by atoms with Crippen molar-refractivity contribution in [2.75, 3.05) is 19.6 Å². The molecule has 0 unspecified atom stereocenters. The van der Waals surface area contributed by atoms with Crippen LogP contribution in [0.2, 0.25) is 0 Å². The van der Waals surface area contributed by atoms with Gasteiger partial charge < -0.3 is 10.0 Å². The smallest absolute Gasteiger partial charge is 0.138 e. The van der Waals surface area contributed by atoms with Crippen LogP contribution in [-0.4, -0.2) is 55.4 Å². The molecule has 102 valence electrons. The molecule has 2 heterocycles. The van der Waals surface area contributed by atoms with Gasteiger partial charge in [-0.2, -0.15) is 0 Å². The van der Waals surface area contributed by atoms with Gasteiger partial charge in [-0.3, -0.25) is 0 Å². The largest absolute Gasteiger partial charge is 0.388 e. The third-order valence-electron chi connectivity index (χ3n) is 4.12. The number of β-amino-alcohol motifs (C(OH)–C–C–N with tert-alkyl or cyclic N) is 1. The second-order valence-electron chi connectivity index (χ2n) is 5.71. The standard InChI is InChI=1S/C12H23N5O/c1-10(2)12(18)8-16(7-11(12)3)5-4-6-17-9-13-14-15-17/h9-11,18H,4-8H2,1-3H3/t11-,12-/m1/s1. The Morgan fingerprint density at radius 3 is 2.78 bits per heavy atom. The van der Waals surface area contributed by atoms with Crippen LogP contribution in [0.5, 0.6) is 0 Å². The highest BCUT2D eigenvalue weighted by Crippen LogP contribution is 2.33. The monoisotopic (exact) mass is 253 g/mol. The molecule has 1 aliphatic heterocycles. The first-order chi connectivity index (χ1) is 8.52. The molecule has 1 aromatic heterocycles. The van der Waals surface area contributed by atoms with Crippen molar-refractivity contribution in [2.24, 2.45) is 11.8 Å². The molecule has 0 saturated carbocycles. The van der Waals surface area contributed by atoms with Crippen LogP contribution in [0.3, 0.4) is 0 Å². The van der Waals surface area contributed by atoms with E-state index >= 15 is 0 Å². The highest BCUT2D eigenvalue weighted by molar-refractivity contribution is 4.97. The van der Waals surface area contributed by atoms with Crippen LogP contribution in [0.4, 0.5) is 0 Å². The van der Waals surface area contributed by atoms with E-state index < -0.39 is 5.60 Å². The van der Waals surface area contributed by atoms with Gasteiger partial charge in [-0.15, -0.1) is 5.10 Å². The van der Waals surface area contributed by atoms with E-state index in [4.69, 9.17) is 0 Å². The molecule has 1 aliphatic rings. The molecule has 0 aliphatic carbocycles. The zero-order chi connectivity index (χ0) is 13.2. The van der Waals surface area contributed by atoms with Crippen LogP contribution in [0.15, 0.2) is 6.33 Å². The van der Waals surface area contributed by atoms with Crippen molar-refractivity contribution in [1.82, 2.24) is 25.1 Å². The Morgan fingerprint density at radius 2 is 2.22 bits per heavy atom. The average Bonchev–Trinajstić information content (AvgIpc) is 2.89. The molecular weight excluding hydrogens is 230 g/mol. The molecule has 6 nitrogen and oxygen atoms in total. The lowest BCUT2D eigenvalue weighted by atomic mass is 9.82. The number of aliphatic hydroxyl groups is 1. The minimum Gasteiger partial charge on any atom is -0.388 e. The van der Waals surface area contributed by atoms with Crippen molar-refractivity contribution < 1.29 is 5.11 Å². The number of rotatable bonds is 5. The Bertz CT molecular complexity index is 367. The molecule has 0 spiro atoms. The van der Waals surface area contributed by atoms with Crippen molar-refractivity contribution in [2.45, 2.75) is 39.3 Å². The van der Waals surface area contributed by atoms with Gasteiger partial charge in [0.15, 0.2) is 0 Å². The van der Waals surface area contributed by atoms with Gasteiger partial charge in [-0.25, -0.2) is 4.68 Å². The predicted molar refractivity (Wildman–Crippen MR) is 67.8 cm³/mol. The van der Waals surface area contributed by atoms with Gasteiger partial charge in [0.2, 0.25) is 0 Å². The summed E-state index contributed by atoms with van der Waals surface area (Å²) in [5.41, 5.74) is -0.533. The Morgan fingerprint density at radius 1 is 1.44 bits per heavy atom. The number of likely N-dealkylation sites (tertiary alicyclic amines) is 1. The summed E-state index contributed by atoms with van der Waals surface area (Å²) in [6.07, 6.45) is 2.64. The molecule has 1 fully saturated rings. The summed E-state index contributed by atoms with van der Waals surface area (Å²) in [6.45, 7) is 9.91. The van der Waals surface area contributed by atoms with Gasteiger partial charge in [-0.1, -0.05) is 20.8 Å². The zero-order valence-corrected chi connectivity index (χ0v) is 11.5. The fraction of sp³-hybridized carbons (Fsp3) is 0.917. The van der Waals surface area contributed by atoms with E-state index in [9.17, 15) is 5.11 Å². The number of tetrazole rings is 1. The first-order valence-electron chi connectivity index (χ1n) is 6.68. The Labute approximate surface area is 108 Å². The molecule has 2 rings (SSSR count). The lowest BCUT2D eigenvalue weighted by Crippen LogP contribution is -2.42. The van der Waals surface area contributed by atoms with Gasteiger partial charge >= 0.3 is 0 Å². The van der Waals surface area contributed by atoms with Gasteiger partial charge in [0.1, 0.15) is 6.33 Å². The fourth-order valence-electron chi connectivity index (χ4n) is 2.78. The summed E-state index contributed by atoms with van der Waals surface area (Å²) in [5.74, 6) is 0.641. The van der Waals surface area contributed by atoms with E-state index in [2.05, 4.69) is 41.2 Å². The molecule has 2 atom stereocenters. The van der Waals surface area contributed by atoms with Gasteiger partial charge in [-0.05, 0) is 28.7 Å². The zero-order valence-electron chi connectivity index (χ0n) is 11.5. The summed E-state index contributed by atoms with van der Waals surface area (Å²) in [4.78, 5) is 2.34. The first-order valence-corrected chi connectivity index (χ1v) is 6.68. The Hall–Kier alpha value is -1.01. The summed E-state index contributed by atoms with van der Waals surface area (Å²) < 4.78 is 1.74. The van der Waals surface area contributed by atoms with Gasteiger partial charge in [0.25, 0.3) is 0 Å². The highest BCUT2D eigenvalue weighted by Gasteiger charge is 2.44. The minimum atomic E-state index is -0.533. The Kier molecular flexibility index (Phi) is 3.97. The summed E-state index contributed by atoms with van der Waals surface area (Å²) in [5, 5.41) is 21.7. The topological polar surface area (TPSA) is 67.1 Å². The van der Waals surface area contributed by atoms with Crippen LogP contribution in [0.25, 0.3) is 0 Å². The van der Waals surface area contributed by atoms with E-state index in [0.29, 0.717) is 11.8 Å². The normalized spacial score (nSPS) is 29.3. The maximum Gasteiger partial charge on any atom is 0.138 e. The quantitative estimate of drug-likeness (QED) is 0.823. The fourth-order valence-corrected chi connectivity index (χ4v) is 2.78. The third kappa shape index (κ3) is 2.70. The van der Waals surface area contributed by atoms with Crippen LogP contribution >= 0.6 is 0 Å². The molecule has 18 heavy (non-hydrogen) atoms. The van der Waals surface area contributed by atoms with E-state index in [1.807, 2.05) is 0 Å². The predicted octanol–water partition coefficient (Wildman–Crippen LogP) is 0.402. The number of aromatic nitrogens is 4. The molecule has 0 aromatic carbocycles. The van der Waals surface area contributed by atoms with Crippen molar-refractivity contribution >= 4 is 0 Å². The van der Waals surface area contributed by atoms with Crippen LogP contribution in [0, 0.1) is 11.8 Å². The van der Waals surface area contributed by atoms with Crippen LogP contribution < -0.4 is 0 Å². The molecule has 6 heteroatoms. The molecule has 1 saturated heterocycles. The molecule has 1 N–H and O–H groups in total. The molecular formula is C12H23N5O. The van der Waals surface area contributed by atoms with E-state index in [1.165, 1.54) is 0 Å². The van der Waals surface area contributed by atoms with Crippen LogP contribution in [-0.2, 0) is 6.54 Å². The van der Waals surface area contributed by atoms with Crippen molar-refractivity contribution in [1.29, 1.82) is 0 Å². The minimum absolute atomic E-state index is 0.303. The maximum absolute atomic E-state index is 10.6. The molecule has 1 aromatic rings. The maximum atomic E-state index is 10.6. The Balaban J connectivity index is 1.79. The number of hydrogen-bond donors (Lipinski definition) is 1. The second kappa shape index (κ2) is 5.32. The summed E-state index contributed by atoms with van der Waals surface area (Å²) in [6, 6.07) is 0. The van der Waals surface area contributed by atoms with Crippen molar-refractivity contribution in [3.05, 3.63) is 6.33 Å². The van der Waals surface area contributed by atoms with E-state index in [0.717, 1.165) is 32.6 Å². The van der Waals surface area contributed by atoms with Crippen LogP contribution in [0.1, 0.15) is 27.2 Å². The van der Waals surface area contributed by atoms with E-state index in [-0.39, 0.29) is 0 Å². The summed E-state index contributed by atoms with van der Waals surface area (Å²) >= 11 is 0. The highest BCUT2D eigenvalue weighted by atomic mass is 16.3. The van der Waals surface area contributed by atoms with E-state index in [1.54, 1.807) is 11.0 Å². The number of hydrogen-bond acceptors (Lipinski definition) is 5. The van der Waals surface area contributed by atoms with Crippen molar-refractivity contribution in [3.8, 4) is 0 Å². The SMILES string of the molecule is CC(C)[C@]1(O)CN(CCCn2cnnn2)C[C@H]1C. The third-order valence-corrected chi connectivity index (χ3v) is 4.12. The lowest BCUT2D eigenvalue weighted by molar-refractivity contribution is -0.0252. The first kappa shape index (κ1) is 13.4. The molecule has 0 amide bonds.